The van der Waals surface area contributed by atoms with E-state index in [4.69, 9.17) is 4.74 Å². The van der Waals surface area contributed by atoms with Gasteiger partial charge in [0.15, 0.2) is 0 Å². The number of amides is 3. The van der Waals surface area contributed by atoms with E-state index in [1.807, 2.05) is 0 Å². The molecular weight excluding hydrogens is 318 g/mol. The third kappa shape index (κ3) is 6.68. The van der Waals surface area contributed by atoms with Crippen LogP contribution in [-0.4, -0.2) is 67.1 Å². The summed E-state index contributed by atoms with van der Waals surface area (Å²) in [5, 5.41) is 5.65. The molecule has 1 heterocycles. The molecule has 7 nitrogen and oxygen atoms in total. The molecule has 0 atom stereocenters. The van der Waals surface area contributed by atoms with E-state index in [9.17, 15) is 14.4 Å². The van der Waals surface area contributed by atoms with Crippen molar-refractivity contribution in [2.24, 2.45) is 5.92 Å². The lowest BCUT2D eigenvalue weighted by atomic mass is 9.85. The maximum atomic E-state index is 11.7. The number of hydrogen-bond donors (Lipinski definition) is 2. The lowest BCUT2D eigenvalue weighted by Gasteiger charge is -2.26. The highest BCUT2D eigenvalue weighted by Gasteiger charge is 2.19. The van der Waals surface area contributed by atoms with Crippen molar-refractivity contribution in [1.29, 1.82) is 0 Å². The second-order valence-electron chi connectivity index (χ2n) is 5.90. The Morgan fingerprint density at radius 1 is 1.17 bits per heavy atom. The van der Waals surface area contributed by atoms with E-state index >= 15 is 0 Å². The molecule has 0 spiro atoms. The number of hydrogen-bond acceptors (Lipinski definition) is 5. The van der Waals surface area contributed by atoms with Crippen molar-refractivity contribution in [3.63, 3.8) is 0 Å². The molecule has 2 rings (SSSR count). The molecule has 0 aromatic carbocycles. The Labute approximate surface area is 140 Å². The average Bonchev–Trinajstić information content (AvgIpc) is 2.47. The molecule has 0 bridgehead atoms. The van der Waals surface area contributed by atoms with E-state index < -0.39 is 0 Å². The number of carbonyl (C=O) groups is 3. The van der Waals surface area contributed by atoms with E-state index in [0.717, 1.165) is 13.0 Å². The zero-order valence-electron chi connectivity index (χ0n) is 13.3. The standard InChI is InChI=1S/C15H25N3O4S/c19-13(16-5-7-18-6-2-8-22-15(18)21)10-23-11-14(20)17-9-12-3-1-4-12/h12H,1-11H2,(H,16,19)(H,17,20). The molecule has 1 aliphatic heterocycles. The van der Waals surface area contributed by atoms with Crippen molar-refractivity contribution in [1.82, 2.24) is 15.5 Å². The second kappa shape index (κ2) is 9.64. The van der Waals surface area contributed by atoms with Gasteiger partial charge in [0.2, 0.25) is 11.8 Å². The molecule has 0 aromatic heterocycles. The minimum absolute atomic E-state index is 0.00855. The fourth-order valence-corrected chi connectivity index (χ4v) is 3.10. The monoisotopic (exact) mass is 343 g/mol. The van der Waals surface area contributed by atoms with Gasteiger partial charge >= 0.3 is 6.09 Å². The van der Waals surface area contributed by atoms with Crippen LogP contribution in [0.5, 0.6) is 0 Å². The summed E-state index contributed by atoms with van der Waals surface area (Å²) in [4.78, 5) is 36.3. The van der Waals surface area contributed by atoms with Gasteiger partial charge in [-0.15, -0.1) is 11.8 Å². The maximum Gasteiger partial charge on any atom is 0.409 e. The van der Waals surface area contributed by atoms with Gasteiger partial charge in [-0.05, 0) is 25.2 Å². The van der Waals surface area contributed by atoms with Gasteiger partial charge < -0.3 is 20.3 Å². The van der Waals surface area contributed by atoms with Crippen LogP contribution in [0.3, 0.4) is 0 Å². The molecule has 1 aliphatic carbocycles. The first-order chi connectivity index (χ1) is 11.1. The summed E-state index contributed by atoms with van der Waals surface area (Å²) in [6.07, 6.45) is 4.19. The molecule has 2 aliphatic rings. The first-order valence-corrected chi connectivity index (χ1v) is 9.33. The van der Waals surface area contributed by atoms with Crippen LogP contribution in [0.4, 0.5) is 4.79 Å². The fourth-order valence-electron chi connectivity index (χ4n) is 2.42. The topological polar surface area (TPSA) is 87.7 Å². The van der Waals surface area contributed by atoms with E-state index in [1.165, 1.54) is 31.0 Å². The van der Waals surface area contributed by atoms with Crippen LogP contribution in [0.25, 0.3) is 0 Å². The van der Waals surface area contributed by atoms with Crippen LogP contribution in [0.1, 0.15) is 25.7 Å². The molecule has 130 valence electrons. The van der Waals surface area contributed by atoms with E-state index in [-0.39, 0.29) is 23.7 Å². The molecule has 2 fully saturated rings. The molecule has 8 heteroatoms. The number of cyclic esters (lactones) is 1. The van der Waals surface area contributed by atoms with Crippen LogP contribution in [0.2, 0.25) is 0 Å². The largest absolute Gasteiger partial charge is 0.449 e. The Morgan fingerprint density at radius 2 is 1.91 bits per heavy atom. The number of rotatable bonds is 9. The number of nitrogens with zero attached hydrogens (tertiary/aromatic N) is 1. The summed E-state index contributed by atoms with van der Waals surface area (Å²) in [5.41, 5.74) is 0. The highest BCUT2D eigenvalue weighted by atomic mass is 32.2. The average molecular weight is 343 g/mol. The van der Waals surface area contributed by atoms with Gasteiger partial charge in [0.05, 0.1) is 18.1 Å². The normalized spacial score (nSPS) is 18.1. The predicted octanol–water partition coefficient (Wildman–Crippen LogP) is 0.594. The quantitative estimate of drug-likeness (QED) is 0.640. The highest BCUT2D eigenvalue weighted by molar-refractivity contribution is 8.00. The van der Waals surface area contributed by atoms with Crippen molar-refractivity contribution < 1.29 is 19.1 Å². The van der Waals surface area contributed by atoms with Gasteiger partial charge in [0.25, 0.3) is 0 Å². The second-order valence-corrected chi connectivity index (χ2v) is 6.88. The summed E-state index contributed by atoms with van der Waals surface area (Å²) in [5.74, 6) is 1.08. The summed E-state index contributed by atoms with van der Waals surface area (Å²) in [7, 11) is 0. The maximum absolute atomic E-state index is 11.7. The Hall–Kier alpha value is -1.44. The first-order valence-electron chi connectivity index (χ1n) is 8.18. The van der Waals surface area contributed by atoms with Gasteiger partial charge in [-0.2, -0.15) is 0 Å². The van der Waals surface area contributed by atoms with Gasteiger partial charge in [-0.25, -0.2) is 4.79 Å². The number of nitrogens with one attached hydrogen (secondary N) is 2. The number of ether oxygens (including phenoxy) is 1. The highest BCUT2D eigenvalue weighted by Crippen LogP contribution is 2.25. The molecule has 0 radical (unpaired) electrons. The van der Waals surface area contributed by atoms with Crippen molar-refractivity contribution >= 4 is 29.7 Å². The Kier molecular flexibility index (Phi) is 7.51. The zero-order valence-corrected chi connectivity index (χ0v) is 14.2. The van der Waals surface area contributed by atoms with Crippen LogP contribution < -0.4 is 10.6 Å². The van der Waals surface area contributed by atoms with Gasteiger partial charge in [-0.3, -0.25) is 9.59 Å². The minimum Gasteiger partial charge on any atom is -0.449 e. The molecule has 1 saturated heterocycles. The zero-order chi connectivity index (χ0) is 16.5. The number of thioether (sulfide) groups is 1. The van der Waals surface area contributed by atoms with Crippen LogP contribution in [0.15, 0.2) is 0 Å². The van der Waals surface area contributed by atoms with Crippen molar-refractivity contribution in [2.75, 3.05) is 44.3 Å². The van der Waals surface area contributed by atoms with Crippen LogP contribution in [0, 0.1) is 5.92 Å². The summed E-state index contributed by atoms with van der Waals surface area (Å²) in [6.45, 7) is 2.77. The summed E-state index contributed by atoms with van der Waals surface area (Å²) >= 11 is 1.30. The van der Waals surface area contributed by atoms with Crippen molar-refractivity contribution in [3.8, 4) is 0 Å². The molecular formula is C15H25N3O4S. The van der Waals surface area contributed by atoms with Gasteiger partial charge in [-0.1, -0.05) is 6.42 Å². The van der Waals surface area contributed by atoms with E-state index in [2.05, 4.69) is 10.6 Å². The predicted molar refractivity (Wildman–Crippen MR) is 88.2 cm³/mol. The molecule has 3 amide bonds. The molecule has 0 unspecified atom stereocenters. The lowest BCUT2D eigenvalue weighted by molar-refractivity contribution is -0.119. The smallest absolute Gasteiger partial charge is 0.409 e. The first kappa shape index (κ1) is 17.9. The van der Waals surface area contributed by atoms with E-state index in [1.54, 1.807) is 4.90 Å². The third-order valence-electron chi connectivity index (χ3n) is 4.04. The van der Waals surface area contributed by atoms with Crippen molar-refractivity contribution in [3.05, 3.63) is 0 Å². The number of carbonyl (C=O) groups excluding carboxylic acids is 3. The summed E-state index contributed by atoms with van der Waals surface area (Å²) < 4.78 is 4.92. The lowest BCUT2D eigenvalue weighted by Crippen LogP contribution is -2.42. The van der Waals surface area contributed by atoms with Crippen molar-refractivity contribution in [2.45, 2.75) is 25.7 Å². The molecule has 1 saturated carbocycles. The fraction of sp³-hybridized carbons (Fsp3) is 0.800. The van der Waals surface area contributed by atoms with Crippen LogP contribution in [-0.2, 0) is 14.3 Å². The SMILES string of the molecule is O=C(CSCC(=O)NCC1CCC1)NCCN1CCCOC1=O. The van der Waals surface area contributed by atoms with E-state index in [0.29, 0.717) is 37.9 Å². The molecule has 0 aromatic rings. The Bertz CT molecular complexity index is 429. The third-order valence-corrected chi connectivity index (χ3v) is 4.97. The Morgan fingerprint density at radius 3 is 2.57 bits per heavy atom. The Balaban J connectivity index is 1.46. The minimum atomic E-state index is -0.317. The van der Waals surface area contributed by atoms with Gasteiger partial charge in [0.1, 0.15) is 0 Å². The molecule has 2 N–H and O–H groups in total. The van der Waals surface area contributed by atoms with Crippen LogP contribution >= 0.6 is 11.8 Å². The van der Waals surface area contributed by atoms with Gasteiger partial charge in [0, 0.05) is 26.2 Å². The molecule has 23 heavy (non-hydrogen) atoms. The summed E-state index contributed by atoms with van der Waals surface area (Å²) in [6, 6.07) is 0.